The number of nitrogens with zero attached hydrogens (tertiary/aromatic N) is 3. The molecule has 4 aromatic rings. The van der Waals surface area contributed by atoms with E-state index in [-0.39, 0.29) is 0 Å². The Bertz CT molecular complexity index is 1280. The number of rotatable bonds is 1. The molecule has 3 heterocycles. The fraction of sp³-hybridized carbons (Fsp3) is 0.0714. The second-order valence-electron chi connectivity index (χ2n) is 7.14. The van der Waals surface area contributed by atoms with Crippen molar-refractivity contribution in [3.63, 3.8) is 0 Å². The first-order chi connectivity index (χ1) is 15.8. The lowest BCUT2D eigenvalue weighted by atomic mass is 10.1. The highest BCUT2D eigenvalue weighted by atomic mass is 32.2. The summed E-state index contributed by atoms with van der Waals surface area (Å²) in [6.45, 7) is 3.06. The smallest absolute Gasteiger partial charge is 0.113 e. The fourth-order valence-electron chi connectivity index (χ4n) is 3.53. The lowest BCUT2D eigenvalue weighted by Crippen LogP contribution is -2.20. The van der Waals surface area contributed by atoms with Gasteiger partial charge in [-0.1, -0.05) is 35.7 Å². The van der Waals surface area contributed by atoms with Crippen LogP contribution in [-0.2, 0) is 0 Å². The minimum Gasteiger partial charge on any atom is -0.340 e. The van der Waals surface area contributed by atoms with Crippen molar-refractivity contribution in [3.8, 4) is 23.7 Å². The number of hydrogen-bond donors (Lipinski definition) is 0. The minimum atomic E-state index is 0.773. The highest BCUT2D eigenvalue weighted by Gasteiger charge is 2.22. The topological polar surface area (TPSA) is 29.0 Å². The molecule has 5 rings (SSSR count). The number of pyridine rings is 2. The fourth-order valence-corrected chi connectivity index (χ4v) is 4.70. The van der Waals surface area contributed by atoms with E-state index in [9.17, 15) is 0 Å². The Hall–Kier alpha value is -3.99. The normalized spacial score (nSPS) is 11.3. The molecule has 1 aliphatic rings. The number of anilines is 2. The maximum Gasteiger partial charge on any atom is 0.113 e. The largest absolute Gasteiger partial charge is 0.340 e. The molecular weight excluding hydrogens is 410 g/mol. The molecule has 32 heavy (non-hydrogen) atoms. The van der Waals surface area contributed by atoms with E-state index < -0.39 is 0 Å². The van der Waals surface area contributed by atoms with E-state index in [1.807, 2.05) is 36.4 Å². The van der Waals surface area contributed by atoms with Crippen LogP contribution in [0.2, 0.25) is 0 Å². The third-order valence-electron chi connectivity index (χ3n) is 5.04. The van der Waals surface area contributed by atoms with Crippen LogP contribution in [0.25, 0.3) is 0 Å². The molecule has 1 aliphatic heterocycles. The second-order valence-corrected chi connectivity index (χ2v) is 8.23. The lowest BCUT2D eigenvalue weighted by Gasteiger charge is -2.32. The van der Waals surface area contributed by atoms with Gasteiger partial charge in [0.05, 0.1) is 11.4 Å². The average Bonchev–Trinajstić information content (AvgIpc) is 2.85. The van der Waals surface area contributed by atoms with Gasteiger partial charge in [-0.2, -0.15) is 0 Å². The van der Waals surface area contributed by atoms with Crippen molar-refractivity contribution in [2.45, 2.75) is 16.7 Å². The number of benzene rings is 2. The molecule has 0 N–H and O–H groups in total. The zero-order valence-electron chi connectivity index (χ0n) is 17.5. The summed E-state index contributed by atoms with van der Waals surface area (Å²) in [4.78, 5) is 13.3. The van der Waals surface area contributed by atoms with Gasteiger partial charge in [-0.15, -0.1) is 0 Å². The standard InChI is InChI=1S/C28H19N3S/c1-2-31-25-15-11-21(9-13-23-7-3-5-17-29-23)19-27(25)32-28-20-22(12-16-26(28)31)10-14-24-8-4-6-18-30-24/h3-8,11-12,15-20H,2H2,1H3. The Morgan fingerprint density at radius 2 is 1.22 bits per heavy atom. The summed E-state index contributed by atoms with van der Waals surface area (Å²) in [5, 5.41) is 0. The number of fused-ring (bicyclic) bond motifs is 2. The summed E-state index contributed by atoms with van der Waals surface area (Å²) < 4.78 is 0. The maximum atomic E-state index is 4.28. The lowest BCUT2D eigenvalue weighted by molar-refractivity contribution is 0.978. The third-order valence-corrected chi connectivity index (χ3v) is 6.13. The van der Waals surface area contributed by atoms with E-state index in [2.05, 4.69) is 81.9 Å². The molecule has 0 saturated heterocycles. The summed E-state index contributed by atoms with van der Waals surface area (Å²) in [6, 6.07) is 24.3. The van der Waals surface area contributed by atoms with Crippen molar-refractivity contribution >= 4 is 23.1 Å². The van der Waals surface area contributed by atoms with Crippen molar-refractivity contribution < 1.29 is 0 Å². The predicted octanol–water partition coefficient (Wildman–Crippen LogP) is 5.90. The van der Waals surface area contributed by atoms with Crippen LogP contribution in [0.15, 0.2) is 95.0 Å². The molecule has 4 heteroatoms. The van der Waals surface area contributed by atoms with Gasteiger partial charge >= 0.3 is 0 Å². The Morgan fingerprint density at radius 1 is 0.688 bits per heavy atom. The van der Waals surface area contributed by atoms with Gasteiger partial charge in [0.2, 0.25) is 0 Å². The summed E-state index contributed by atoms with van der Waals surface area (Å²) in [7, 11) is 0. The monoisotopic (exact) mass is 429 g/mol. The van der Waals surface area contributed by atoms with Crippen LogP contribution >= 0.6 is 11.8 Å². The number of aromatic nitrogens is 2. The van der Waals surface area contributed by atoms with Gasteiger partial charge in [-0.3, -0.25) is 0 Å². The van der Waals surface area contributed by atoms with Crippen molar-refractivity contribution in [2.24, 2.45) is 0 Å². The van der Waals surface area contributed by atoms with Crippen LogP contribution in [-0.4, -0.2) is 16.5 Å². The first-order valence-electron chi connectivity index (χ1n) is 10.4. The average molecular weight is 430 g/mol. The summed E-state index contributed by atoms with van der Waals surface area (Å²) in [5.41, 5.74) is 5.92. The highest BCUT2D eigenvalue weighted by Crippen LogP contribution is 2.48. The molecule has 0 atom stereocenters. The third kappa shape index (κ3) is 4.23. The summed E-state index contributed by atoms with van der Waals surface area (Å²) in [6.07, 6.45) is 3.52. The first-order valence-corrected chi connectivity index (χ1v) is 11.2. The van der Waals surface area contributed by atoms with Crippen LogP contribution in [0, 0.1) is 23.7 Å². The summed E-state index contributed by atoms with van der Waals surface area (Å²) >= 11 is 1.76. The molecule has 0 spiro atoms. The van der Waals surface area contributed by atoms with E-state index in [0.29, 0.717) is 0 Å². The minimum absolute atomic E-state index is 0.773. The van der Waals surface area contributed by atoms with E-state index in [4.69, 9.17) is 0 Å². The van der Waals surface area contributed by atoms with E-state index in [1.165, 1.54) is 21.2 Å². The van der Waals surface area contributed by atoms with Crippen LogP contribution in [0.4, 0.5) is 11.4 Å². The molecular formula is C28H19N3S. The molecule has 2 aromatic heterocycles. The molecule has 0 aliphatic carbocycles. The van der Waals surface area contributed by atoms with Crippen molar-refractivity contribution in [2.75, 3.05) is 11.4 Å². The van der Waals surface area contributed by atoms with Gasteiger partial charge < -0.3 is 4.90 Å². The number of hydrogen-bond acceptors (Lipinski definition) is 4. The van der Waals surface area contributed by atoms with Gasteiger partial charge in [0.1, 0.15) is 11.4 Å². The SMILES string of the molecule is CCN1c2ccc(C#Cc3ccccn3)cc2Sc2cc(C#Cc3ccccn3)ccc21. The highest BCUT2D eigenvalue weighted by molar-refractivity contribution is 7.99. The zero-order valence-corrected chi connectivity index (χ0v) is 18.4. The van der Waals surface area contributed by atoms with Gasteiger partial charge in [0, 0.05) is 39.9 Å². The summed E-state index contributed by atoms with van der Waals surface area (Å²) in [5.74, 6) is 12.8. The van der Waals surface area contributed by atoms with Gasteiger partial charge in [-0.25, -0.2) is 9.97 Å². The molecule has 3 nitrogen and oxygen atoms in total. The molecule has 0 radical (unpaired) electrons. The quantitative estimate of drug-likeness (QED) is 0.352. The molecule has 0 bridgehead atoms. The molecule has 152 valence electrons. The Kier molecular flexibility index (Phi) is 5.62. The van der Waals surface area contributed by atoms with Crippen LogP contribution < -0.4 is 4.90 Å². The molecule has 0 saturated carbocycles. The Labute approximate surface area is 192 Å². The van der Waals surface area contributed by atoms with Crippen LogP contribution in [0.1, 0.15) is 29.4 Å². The van der Waals surface area contributed by atoms with Gasteiger partial charge in [-0.05, 0) is 79.4 Å². The van der Waals surface area contributed by atoms with E-state index >= 15 is 0 Å². The van der Waals surface area contributed by atoms with Gasteiger partial charge in [0.15, 0.2) is 0 Å². The maximum absolute atomic E-state index is 4.28. The van der Waals surface area contributed by atoms with Crippen molar-refractivity contribution in [1.29, 1.82) is 0 Å². The van der Waals surface area contributed by atoms with Crippen LogP contribution in [0.3, 0.4) is 0 Å². The molecule has 0 fully saturated rings. The second kappa shape index (κ2) is 9.02. The van der Waals surface area contributed by atoms with Crippen LogP contribution in [0.5, 0.6) is 0 Å². The Morgan fingerprint density at radius 3 is 1.66 bits per heavy atom. The van der Waals surface area contributed by atoms with Crippen molar-refractivity contribution in [3.05, 3.63) is 108 Å². The molecule has 2 aromatic carbocycles. The van der Waals surface area contributed by atoms with Crippen molar-refractivity contribution in [1.82, 2.24) is 9.97 Å². The van der Waals surface area contributed by atoms with E-state index in [1.54, 1.807) is 24.2 Å². The van der Waals surface area contributed by atoms with E-state index in [0.717, 1.165) is 29.1 Å². The van der Waals surface area contributed by atoms with Gasteiger partial charge in [0.25, 0.3) is 0 Å². The first kappa shape index (κ1) is 19.9. The predicted molar refractivity (Wildman–Crippen MR) is 130 cm³/mol. The zero-order chi connectivity index (χ0) is 21.8. The molecule has 0 unspecified atom stereocenters. The Balaban J connectivity index is 1.47. The molecule has 0 amide bonds.